The molecule has 0 aliphatic carbocycles. The highest BCUT2D eigenvalue weighted by Crippen LogP contribution is 2.29. The number of hydrogen-bond acceptors (Lipinski definition) is 3. The van der Waals surface area contributed by atoms with Gasteiger partial charge in [0.1, 0.15) is 11.5 Å². The van der Waals surface area contributed by atoms with Crippen molar-refractivity contribution < 1.29 is 9.47 Å². The molecule has 2 aromatic rings. The first-order valence-corrected chi connectivity index (χ1v) is 7.31. The lowest BCUT2D eigenvalue weighted by atomic mass is 10.1. The number of methoxy groups -OCH3 is 2. The number of hydrogen-bond donors (Lipinski definition) is 2. The molecule has 0 aliphatic rings. The van der Waals surface area contributed by atoms with Gasteiger partial charge in [0, 0.05) is 11.8 Å². The summed E-state index contributed by atoms with van der Waals surface area (Å²) in [6.45, 7) is 4.09. The minimum atomic E-state index is 0.511. The molecule has 0 saturated heterocycles. The molecule has 4 nitrogen and oxygen atoms in total. The molecule has 0 unspecified atom stereocenters. The maximum Gasteiger partial charge on any atom is 0.175 e. The molecule has 5 heteroatoms. The van der Waals surface area contributed by atoms with E-state index in [1.807, 2.05) is 32.0 Å². The SMILES string of the molecule is COc1ccc(NC(=S)Nc2cc(C)ccc2C)c(OC)c1. The van der Waals surface area contributed by atoms with Gasteiger partial charge in [-0.1, -0.05) is 12.1 Å². The van der Waals surface area contributed by atoms with E-state index in [2.05, 4.69) is 28.8 Å². The number of ether oxygens (including phenoxy) is 2. The normalized spacial score (nSPS) is 10.0. The zero-order valence-corrected chi connectivity index (χ0v) is 14.0. The maximum atomic E-state index is 5.38. The van der Waals surface area contributed by atoms with Crippen molar-refractivity contribution in [2.75, 3.05) is 24.9 Å². The first kappa shape index (κ1) is 16.1. The third kappa shape index (κ3) is 3.89. The molecule has 0 saturated carbocycles. The van der Waals surface area contributed by atoms with Gasteiger partial charge in [0.2, 0.25) is 0 Å². The summed E-state index contributed by atoms with van der Waals surface area (Å²) in [6, 6.07) is 11.7. The smallest absolute Gasteiger partial charge is 0.175 e. The molecule has 0 atom stereocenters. The largest absolute Gasteiger partial charge is 0.497 e. The molecule has 2 aromatic carbocycles. The van der Waals surface area contributed by atoms with Gasteiger partial charge in [-0.05, 0) is 55.4 Å². The second kappa shape index (κ2) is 7.13. The lowest BCUT2D eigenvalue weighted by molar-refractivity contribution is 0.395. The molecule has 0 heterocycles. The van der Waals surface area contributed by atoms with Crippen LogP contribution in [-0.2, 0) is 0 Å². The Labute approximate surface area is 136 Å². The van der Waals surface area contributed by atoms with Gasteiger partial charge in [-0.25, -0.2) is 0 Å². The summed E-state index contributed by atoms with van der Waals surface area (Å²) in [4.78, 5) is 0. The Morgan fingerprint density at radius 3 is 2.32 bits per heavy atom. The minimum absolute atomic E-state index is 0.511. The quantitative estimate of drug-likeness (QED) is 0.830. The van der Waals surface area contributed by atoms with Crippen LogP contribution in [0.1, 0.15) is 11.1 Å². The van der Waals surface area contributed by atoms with Gasteiger partial charge < -0.3 is 20.1 Å². The zero-order valence-electron chi connectivity index (χ0n) is 13.2. The Balaban J connectivity index is 2.13. The van der Waals surface area contributed by atoms with E-state index in [0.717, 1.165) is 22.7 Å². The van der Waals surface area contributed by atoms with Crippen molar-refractivity contribution in [1.82, 2.24) is 0 Å². The number of rotatable bonds is 4. The van der Waals surface area contributed by atoms with Gasteiger partial charge in [-0.2, -0.15) is 0 Å². The molecule has 22 heavy (non-hydrogen) atoms. The van der Waals surface area contributed by atoms with E-state index in [4.69, 9.17) is 21.7 Å². The lowest BCUT2D eigenvalue weighted by Crippen LogP contribution is -2.20. The van der Waals surface area contributed by atoms with Crippen LogP contribution in [0.2, 0.25) is 0 Å². The zero-order chi connectivity index (χ0) is 16.1. The molecule has 0 radical (unpaired) electrons. The second-order valence-electron chi connectivity index (χ2n) is 4.96. The van der Waals surface area contributed by atoms with Crippen molar-refractivity contribution in [3.05, 3.63) is 47.5 Å². The van der Waals surface area contributed by atoms with Gasteiger partial charge >= 0.3 is 0 Å². The molecule has 0 bridgehead atoms. The van der Waals surface area contributed by atoms with E-state index in [-0.39, 0.29) is 0 Å². The number of benzene rings is 2. The fraction of sp³-hybridized carbons (Fsp3) is 0.235. The van der Waals surface area contributed by atoms with Gasteiger partial charge in [-0.15, -0.1) is 0 Å². The van der Waals surface area contributed by atoms with Crippen molar-refractivity contribution in [2.45, 2.75) is 13.8 Å². The van der Waals surface area contributed by atoms with E-state index in [1.54, 1.807) is 14.2 Å². The molecular formula is C17H20N2O2S. The van der Waals surface area contributed by atoms with E-state index in [1.165, 1.54) is 5.56 Å². The number of thiocarbonyl (C=S) groups is 1. The molecule has 0 amide bonds. The molecular weight excluding hydrogens is 296 g/mol. The fourth-order valence-corrected chi connectivity index (χ4v) is 2.27. The topological polar surface area (TPSA) is 42.5 Å². The summed E-state index contributed by atoms with van der Waals surface area (Å²) in [5.74, 6) is 1.40. The molecule has 2 N–H and O–H groups in total. The van der Waals surface area contributed by atoms with Crippen molar-refractivity contribution >= 4 is 28.7 Å². The standard InChI is InChI=1S/C17H20N2O2S/c1-11-5-6-12(2)15(9-11)19-17(22)18-14-8-7-13(20-3)10-16(14)21-4/h5-10H,1-4H3,(H2,18,19,22). The van der Waals surface area contributed by atoms with Crippen molar-refractivity contribution in [3.63, 3.8) is 0 Å². The van der Waals surface area contributed by atoms with Crippen LogP contribution in [-0.4, -0.2) is 19.3 Å². The van der Waals surface area contributed by atoms with E-state index in [9.17, 15) is 0 Å². The van der Waals surface area contributed by atoms with Crippen LogP contribution >= 0.6 is 12.2 Å². The van der Waals surface area contributed by atoms with Crippen molar-refractivity contribution in [3.8, 4) is 11.5 Å². The minimum Gasteiger partial charge on any atom is -0.497 e. The van der Waals surface area contributed by atoms with Gasteiger partial charge in [0.15, 0.2) is 5.11 Å². The van der Waals surface area contributed by atoms with Gasteiger partial charge in [0.05, 0.1) is 19.9 Å². The summed E-state index contributed by atoms with van der Waals surface area (Å²) in [5, 5.41) is 6.87. The summed E-state index contributed by atoms with van der Waals surface area (Å²) >= 11 is 5.38. The third-order valence-corrected chi connectivity index (χ3v) is 3.50. The van der Waals surface area contributed by atoms with Crippen LogP contribution in [0, 0.1) is 13.8 Å². The van der Waals surface area contributed by atoms with Gasteiger partial charge in [0.25, 0.3) is 0 Å². The Morgan fingerprint density at radius 2 is 1.64 bits per heavy atom. The average molecular weight is 316 g/mol. The lowest BCUT2D eigenvalue weighted by Gasteiger charge is -2.15. The Kier molecular flexibility index (Phi) is 5.22. The number of anilines is 2. The predicted octanol–water partition coefficient (Wildman–Crippen LogP) is 4.13. The number of aryl methyl sites for hydroxylation is 2. The van der Waals surface area contributed by atoms with Crippen LogP contribution in [0.3, 0.4) is 0 Å². The van der Waals surface area contributed by atoms with E-state index < -0.39 is 0 Å². The van der Waals surface area contributed by atoms with E-state index >= 15 is 0 Å². The molecule has 0 aromatic heterocycles. The molecule has 0 aliphatic heterocycles. The van der Waals surface area contributed by atoms with Crippen molar-refractivity contribution in [1.29, 1.82) is 0 Å². The predicted molar refractivity (Wildman–Crippen MR) is 95.3 cm³/mol. The van der Waals surface area contributed by atoms with Crippen LogP contribution in [0.25, 0.3) is 0 Å². The summed E-state index contributed by atoms with van der Waals surface area (Å²) in [7, 11) is 3.23. The highest BCUT2D eigenvalue weighted by molar-refractivity contribution is 7.80. The van der Waals surface area contributed by atoms with Crippen molar-refractivity contribution in [2.24, 2.45) is 0 Å². The first-order chi connectivity index (χ1) is 10.5. The Hall–Kier alpha value is -2.27. The average Bonchev–Trinajstić information content (AvgIpc) is 2.51. The summed E-state index contributed by atoms with van der Waals surface area (Å²) < 4.78 is 10.5. The van der Waals surface area contributed by atoms with Gasteiger partial charge in [-0.3, -0.25) is 0 Å². The second-order valence-corrected chi connectivity index (χ2v) is 5.37. The van der Waals surface area contributed by atoms with Crippen LogP contribution < -0.4 is 20.1 Å². The maximum absolute atomic E-state index is 5.38. The fourth-order valence-electron chi connectivity index (χ4n) is 2.05. The molecule has 116 valence electrons. The first-order valence-electron chi connectivity index (χ1n) is 6.90. The summed E-state index contributed by atoms with van der Waals surface area (Å²) in [6.07, 6.45) is 0. The Morgan fingerprint density at radius 1 is 0.909 bits per heavy atom. The summed E-state index contributed by atoms with van der Waals surface area (Å²) in [5.41, 5.74) is 4.09. The van der Waals surface area contributed by atoms with E-state index in [0.29, 0.717) is 10.9 Å². The van der Waals surface area contributed by atoms with Crippen LogP contribution in [0.5, 0.6) is 11.5 Å². The molecule has 0 spiro atoms. The monoisotopic (exact) mass is 316 g/mol. The number of nitrogens with one attached hydrogen (secondary N) is 2. The Bertz CT molecular complexity index is 686. The molecule has 2 rings (SSSR count). The van der Waals surface area contributed by atoms with Crippen LogP contribution in [0.15, 0.2) is 36.4 Å². The van der Waals surface area contributed by atoms with Crippen LogP contribution in [0.4, 0.5) is 11.4 Å². The highest BCUT2D eigenvalue weighted by Gasteiger charge is 2.08. The highest BCUT2D eigenvalue weighted by atomic mass is 32.1. The third-order valence-electron chi connectivity index (χ3n) is 3.30. The molecule has 0 fully saturated rings.